The Hall–Kier alpha value is -1.47. The number of amides is 1. The topological polar surface area (TPSA) is 64.4 Å². The van der Waals surface area contributed by atoms with E-state index in [1.165, 1.54) is 7.11 Å². The lowest BCUT2D eigenvalue weighted by atomic mass is 10.0. The Balaban J connectivity index is 1.74. The molecular formula is C17H15Cl4N3O3. The van der Waals surface area contributed by atoms with Crippen molar-refractivity contribution in [3.05, 3.63) is 49.9 Å². The van der Waals surface area contributed by atoms with E-state index in [-0.39, 0.29) is 43.8 Å². The first-order valence-electron chi connectivity index (χ1n) is 8.09. The van der Waals surface area contributed by atoms with E-state index in [1.807, 2.05) is 10.8 Å². The van der Waals surface area contributed by atoms with Crippen molar-refractivity contribution >= 4 is 58.3 Å². The monoisotopic (exact) mass is 449 g/mol. The molecule has 1 saturated heterocycles. The van der Waals surface area contributed by atoms with E-state index in [1.54, 1.807) is 17.0 Å². The lowest BCUT2D eigenvalue weighted by molar-refractivity contribution is 0.0573. The Morgan fingerprint density at radius 2 is 1.78 bits per heavy atom. The van der Waals surface area contributed by atoms with Gasteiger partial charge in [0.25, 0.3) is 5.91 Å². The molecule has 2 aromatic rings. The number of pyridine rings is 1. The third kappa shape index (κ3) is 3.90. The number of aromatic nitrogens is 2. The molecule has 144 valence electrons. The molecule has 0 aromatic carbocycles. The maximum atomic E-state index is 12.8. The number of halogens is 4. The summed E-state index contributed by atoms with van der Waals surface area (Å²) in [5.74, 6) is -0.750. The van der Waals surface area contributed by atoms with Crippen molar-refractivity contribution in [3.8, 4) is 0 Å². The van der Waals surface area contributed by atoms with Gasteiger partial charge in [0.2, 0.25) is 0 Å². The molecule has 0 saturated carbocycles. The van der Waals surface area contributed by atoms with Crippen molar-refractivity contribution in [2.24, 2.45) is 0 Å². The molecule has 0 aliphatic carbocycles. The summed E-state index contributed by atoms with van der Waals surface area (Å²) in [5.41, 5.74) is 0.467. The van der Waals surface area contributed by atoms with Gasteiger partial charge in [-0.05, 0) is 25.0 Å². The third-order valence-corrected chi connectivity index (χ3v) is 6.18. The normalized spacial score (nSPS) is 15.1. The van der Waals surface area contributed by atoms with Gasteiger partial charge < -0.3 is 14.2 Å². The van der Waals surface area contributed by atoms with Crippen LogP contribution in [0.25, 0.3) is 0 Å². The zero-order valence-corrected chi connectivity index (χ0v) is 17.2. The van der Waals surface area contributed by atoms with E-state index in [0.717, 1.165) is 0 Å². The van der Waals surface area contributed by atoms with Crippen molar-refractivity contribution in [2.75, 3.05) is 20.2 Å². The molecule has 0 spiro atoms. The van der Waals surface area contributed by atoms with E-state index >= 15 is 0 Å². The van der Waals surface area contributed by atoms with Crippen molar-refractivity contribution in [1.29, 1.82) is 0 Å². The summed E-state index contributed by atoms with van der Waals surface area (Å²) in [7, 11) is 1.35. The Kier molecular flexibility index (Phi) is 6.21. The minimum atomic E-state index is -0.389. The van der Waals surface area contributed by atoms with Crippen LogP contribution in [-0.2, 0) is 4.74 Å². The fraction of sp³-hybridized carbons (Fsp3) is 0.353. The highest BCUT2D eigenvalue weighted by Crippen LogP contribution is 2.37. The number of carbonyl (C=O) groups is 2. The summed E-state index contributed by atoms with van der Waals surface area (Å²) in [6.07, 6.45) is 3.17. The Labute approximate surface area is 175 Å². The standard InChI is InChI=1S/C17H15Cl4N3O3/c1-27-17(26)10-3-2-6-24(10)9-4-7-23(8-5-9)16(25)14-12(19)11(18)13(20)15(21)22-14/h2-3,6,9H,4-5,7-8H2,1H3. The number of hydrogen-bond donors (Lipinski definition) is 0. The average Bonchev–Trinajstić information content (AvgIpc) is 3.18. The molecule has 0 unspecified atom stereocenters. The van der Waals surface area contributed by atoms with E-state index in [9.17, 15) is 9.59 Å². The number of ether oxygens (including phenoxy) is 1. The summed E-state index contributed by atoms with van der Waals surface area (Å²) in [4.78, 5) is 30.3. The number of carbonyl (C=O) groups excluding carboxylic acids is 2. The van der Waals surface area contributed by atoms with Crippen molar-refractivity contribution in [3.63, 3.8) is 0 Å². The van der Waals surface area contributed by atoms with Gasteiger partial charge in [0.15, 0.2) is 0 Å². The van der Waals surface area contributed by atoms with E-state index in [4.69, 9.17) is 51.1 Å². The van der Waals surface area contributed by atoms with Crippen LogP contribution in [0.4, 0.5) is 0 Å². The van der Waals surface area contributed by atoms with Gasteiger partial charge in [-0.25, -0.2) is 9.78 Å². The lowest BCUT2D eigenvalue weighted by Crippen LogP contribution is -2.39. The molecule has 3 heterocycles. The molecule has 1 fully saturated rings. The Morgan fingerprint density at radius 1 is 1.11 bits per heavy atom. The highest BCUT2D eigenvalue weighted by Gasteiger charge is 2.29. The van der Waals surface area contributed by atoms with Gasteiger partial charge in [-0.15, -0.1) is 0 Å². The van der Waals surface area contributed by atoms with Crippen LogP contribution in [0.2, 0.25) is 20.2 Å². The molecular weight excluding hydrogens is 436 g/mol. The molecule has 0 bridgehead atoms. The second kappa shape index (κ2) is 8.27. The molecule has 1 amide bonds. The summed E-state index contributed by atoms with van der Waals surface area (Å²) < 4.78 is 6.69. The van der Waals surface area contributed by atoms with Crippen LogP contribution in [0, 0.1) is 0 Å². The van der Waals surface area contributed by atoms with Gasteiger partial charge in [-0.3, -0.25) is 4.79 Å². The van der Waals surface area contributed by atoms with Crippen LogP contribution in [0.5, 0.6) is 0 Å². The van der Waals surface area contributed by atoms with E-state index < -0.39 is 0 Å². The zero-order chi connectivity index (χ0) is 19.7. The van der Waals surface area contributed by atoms with E-state index in [2.05, 4.69) is 4.98 Å². The summed E-state index contributed by atoms with van der Waals surface area (Å²) in [5, 5.41) is -0.0656. The van der Waals surface area contributed by atoms with E-state index in [0.29, 0.717) is 31.6 Å². The molecule has 10 heteroatoms. The lowest BCUT2D eigenvalue weighted by Gasteiger charge is -2.33. The molecule has 0 radical (unpaired) electrons. The van der Waals surface area contributed by atoms with Gasteiger partial charge in [-0.1, -0.05) is 46.4 Å². The largest absolute Gasteiger partial charge is 0.464 e. The van der Waals surface area contributed by atoms with Crippen molar-refractivity contribution in [2.45, 2.75) is 18.9 Å². The molecule has 6 nitrogen and oxygen atoms in total. The first-order chi connectivity index (χ1) is 12.8. The Morgan fingerprint density at radius 3 is 2.41 bits per heavy atom. The van der Waals surface area contributed by atoms with Crippen LogP contribution in [0.1, 0.15) is 39.9 Å². The minimum Gasteiger partial charge on any atom is -0.464 e. The quantitative estimate of drug-likeness (QED) is 0.499. The molecule has 1 aliphatic rings. The van der Waals surface area contributed by atoms with Crippen LogP contribution in [0.3, 0.4) is 0 Å². The van der Waals surface area contributed by atoms with Gasteiger partial charge in [0, 0.05) is 25.3 Å². The number of methoxy groups -OCH3 is 1. The predicted molar refractivity (Wildman–Crippen MR) is 104 cm³/mol. The summed E-state index contributed by atoms with van der Waals surface area (Å²) >= 11 is 24.0. The van der Waals surface area contributed by atoms with Gasteiger partial charge in [0.1, 0.15) is 16.5 Å². The number of esters is 1. The SMILES string of the molecule is COC(=O)c1cccn1C1CCN(C(=O)c2nc(Cl)c(Cl)c(Cl)c2Cl)CC1. The highest BCUT2D eigenvalue weighted by molar-refractivity contribution is 6.52. The maximum absolute atomic E-state index is 12.8. The van der Waals surface area contributed by atoms with Crippen LogP contribution < -0.4 is 0 Å². The molecule has 0 atom stereocenters. The number of hydrogen-bond acceptors (Lipinski definition) is 4. The number of rotatable bonds is 3. The third-order valence-electron chi connectivity index (χ3n) is 4.51. The zero-order valence-electron chi connectivity index (χ0n) is 14.2. The van der Waals surface area contributed by atoms with Crippen molar-refractivity contribution in [1.82, 2.24) is 14.5 Å². The number of nitrogens with zero attached hydrogens (tertiary/aromatic N) is 3. The molecule has 27 heavy (non-hydrogen) atoms. The molecule has 3 rings (SSSR count). The fourth-order valence-corrected chi connectivity index (χ4v) is 3.92. The van der Waals surface area contributed by atoms with Gasteiger partial charge in [0.05, 0.1) is 22.2 Å². The van der Waals surface area contributed by atoms with Crippen LogP contribution >= 0.6 is 46.4 Å². The second-order valence-corrected chi connectivity index (χ2v) is 7.50. The maximum Gasteiger partial charge on any atom is 0.354 e. The molecule has 0 N–H and O–H groups in total. The van der Waals surface area contributed by atoms with Crippen LogP contribution in [-0.4, -0.2) is 46.5 Å². The molecule has 1 aliphatic heterocycles. The highest BCUT2D eigenvalue weighted by atomic mass is 35.5. The van der Waals surface area contributed by atoms with Gasteiger partial charge in [-0.2, -0.15) is 0 Å². The van der Waals surface area contributed by atoms with Crippen molar-refractivity contribution < 1.29 is 14.3 Å². The number of piperidine rings is 1. The minimum absolute atomic E-state index is 0.00614. The van der Waals surface area contributed by atoms with Gasteiger partial charge >= 0.3 is 5.97 Å². The van der Waals surface area contributed by atoms with Crippen LogP contribution in [0.15, 0.2) is 18.3 Å². The molecule has 2 aromatic heterocycles. The Bertz CT molecular complexity index is 892. The number of likely N-dealkylation sites (tertiary alicyclic amines) is 1. The predicted octanol–water partition coefficient (Wildman–Crippen LogP) is 4.76. The fourth-order valence-electron chi connectivity index (χ4n) is 3.12. The summed E-state index contributed by atoms with van der Waals surface area (Å²) in [6, 6.07) is 3.59. The summed E-state index contributed by atoms with van der Waals surface area (Å²) in [6.45, 7) is 0.941. The second-order valence-electron chi connectivity index (χ2n) is 6.01. The first kappa shape index (κ1) is 20.3. The smallest absolute Gasteiger partial charge is 0.354 e. The average molecular weight is 451 g/mol. The first-order valence-corrected chi connectivity index (χ1v) is 9.60.